The average molecular weight is 241 g/mol. The van der Waals surface area contributed by atoms with Gasteiger partial charge in [-0.3, -0.25) is 4.79 Å². The molecule has 0 fully saturated rings. The third-order valence-corrected chi connectivity index (χ3v) is 2.94. The number of aryl methyl sites for hydroxylation is 2. The van der Waals surface area contributed by atoms with Crippen LogP contribution in [0.3, 0.4) is 0 Å². The molecular formula is C11H13BrO. The molecule has 1 aromatic carbocycles. The minimum absolute atomic E-state index is 0.822. The van der Waals surface area contributed by atoms with Crippen LogP contribution < -0.4 is 0 Å². The van der Waals surface area contributed by atoms with Crippen LogP contribution in [-0.2, 0) is 12.8 Å². The van der Waals surface area contributed by atoms with Crippen molar-refractivity contribution in [1.82, 2.24) is 0 Å². The van der Waals surface area contributed by atoms with E-state index >= 15 is 0 Å². The van der Waals surface area contributed by atoms with Crippen molar-refractivity contribution in [3.63, 3.8) is 0 Å². The Balaban J connectivity index is 3.26. The number of carbonyl (C=O) groups excluding carboxylic acids is 1. The summed E-state index contributed by atoms with van der Waals surface area (Å²) < 4.78 is 1.11. The number of halogens is 1. The molecule has 0 unspecified atom stereocenters. The summed E-state index contributed by atoms with van der Waals surface area (Å²) in [7, 11) is 0. The minimum Gasteiger partial charge on any atom is -0.298 e. The monoisotopic (exact) mass is 240 g/mol. The van der Waals surface area contributed by atoms with E-state index in [2.05, 4.69) is 29.8 Å². The number of rotatable bonds is 3. The maximum Gasteiger partial charge on any atom is 0.150 e. The highest BCUT2D eigenvalue weighted by Crippen LogP contribution is 2.22. The highest BCUT2D eigenvalue weighted by atomic mass is 79.9. The Morgan fingerprint density at radius 3 is 2.31 bits per heavy atom. The Morgan fingerprint density at radius 2 is 1.85 bits per heavy atom. The lowest BCUT2D eigenvalue weighted by atomic mass is 10.0. The SMILES string of the molecule is CCc1cc(C=O)c(CC)cc1Br. The molecular weight excluding hydrogens is 228 g/mol. The summed E-state index contributed by atoms with van der Waals surface area (Å²) in [5.41, 5.74) is 3.13. The van der Waals surface area contributed by atoms with Crippen LogP contribution in [0.5, 0.6) is 0 Å². The van der Waals surface area contributed by atoms with E-state index in [1.807, 2.05) is 12.1 Å². The largest absolute Gasteiger partial charge is 0.298 e. The fraction of sp³-hybridized carbons (Fsp3) is 0.364. The molecule has 0 aliphatic heterocycles. The third-order valence-electron chi connectivity index (χ3n) is 2.20. The smallest absolute Gasteiger partial charge is 0.150 e. The zero-order valence-corrected chi connectivity index (χ0v) is 9.52. The maximum atomic E-state index is 10.8. The van der Waals surface area contributed by atoms with Crippen LogP contribution >= 0.6 is 15.9 Å². The quantitative estimate of drug-likeness (QED) is 0.741. The Hall–Kier alpha value is -0.630. The van der Waals surface area contributed by atoms with E-state index in [1.165, 1.54) is 5.56 Å². The van der Waals surface area contributed by atoms with E-state index in [1.54, 1.807) is 0 Å². The van der Waals surface area contributed by atoms with Crippen LogP contribution in [-0.4, -0.2) is 6.29 Å². The third kappa shape index (κ3) is 2.19. The highest BCUT2D eigenvalue weighted by molar-refractivity contribution is 9.10. The highest BCUT2D eigenvalue weighted by Gasteiger charge is 2.04. The fourth-order valence-corrected chi connectivity index (χ4v) is 2.04. The molecule has 0 amide bonds. The molecule has 0 aromatic heterocycles. The van der Waals surface area contributed by atoms with E-state index < -0.39 is 0 Å². The van der Waals surface area contributed by atoms with E-state index in [-0.39, 0.29) is 0 Å². The van der Waals surface area contributed by atoms with Crippen molar-refractivity contribution in [2.24, 2.45) is 0 Å². The van der Waals surface area contributed by atoms with Crippen LogP contribution in [0.25, 0.3) is 0 Å². The predicted octanol–water partition coefficient (Wildman–Crippen LogP) is 3.39. The zero-order valence-electron chi connectivity index (χ0n) is 7.93. The molecule has 1 rings (SSSR count). The standard InChI is InChI=1S/C11H13BrO/c1-3-8-6-11(12)9(4-2)5-10(8)7-13/h5-7H,3-4H2,1-2H3. The normalized spacial score (nSPS) is 10.1. The Kier molecular flexibility index (Phi) is 3.67. The molecule has 2 heteroatoms. The van der Waals surface area contributed by atoms with Crippen LogP contribution in [0.4, 0.5) is 0 Å². The number of carbonyl (C=O) groups is 1. The van der Waals surface area contributed by atoms with Crippen molar-refractivity contribution in [2.75, 3.05) is 0 Å². The second-order valence-electron chi connectivity index (χ2n) is 2.97. The summed E-state index contributed by atoms with van der Waals surface area (Å²) in [6, 6.07) is 4.01. The lowest BCUT2D eigenvalue weighted by Gasteiger charge is -2.07. The minimum atomic E-state index is 0.822. The van der Waals surface area contributed by atoms with E-state index in [4.69, 9.17) is 0 Å². The second kappa shape index (κ2) is 4.56. The predicted molar refractivity (Wildman–Crippen MR) is 58.3 cm³/mol. The van der Waals surface area contributed by atoms with Crippen molar-refractivity contribution in [2.45, 2.75) is 26.7 Å². The van der Waals surface area contributed by atoms with Gasteiger partial charge in [0.25, 0.3) is 0 Å². The van der Waals surface area contributed by atoms with Crippen molar-refractivity contribution in [3.8, 4) is 0 Å². The summed E-state index contributed by atoms with van der Waals surface area (Å²) in [6.45, 7) is 4.14. The van der Waals surface area contributed by atoms with E-state index in [9.17, 15) is 4.79 Å². The molecule has 0 aliphatic rings. The molecule has 70 valence electrons. The molecule has 1 nitrogen and oxygen atoms in total. The number of hydrogen-bond donors (Lipinski definition) is 0. The number of benzene rings is 1. The van der Waals surface area contributed by atoms with Gasteiger partial charge < -0.3 is 0 Å². The molecule has 0 radical (unpaired) electrons. The second-order valence-corrected chi connectivity index (χ2v) is 3.82. The van der Waals surface area contributed by atoms with Crippen molar-refractivity contribution >= 4 is 22.2 Å². The lowest BCUT2D eigenvalue weighted by Crippen LogP contribution is -1.94. The summed E-state index contributed by atoms with van der Waals surface area (Å²) in [4.78, 5) is 10.8. The van der Waals surface area contributed by atoms with Gasteiger partial charge in [0.1, 0.15) is 6.29 Å². The first kappa shape index (κ1) is 10.5. The Labute approximate surface area is 87.3 Å². The topological polar surface area (TPSA) is 17.1 Å². The summed E-state index contributed by atoms with van der Waals surface area (Å²) >= 11 is 3.50. The van der Waals surface area contributed by atoms with Gasteiger partial charge >= 0.3 is 0 Å². The molecule has 0 heterocycles. The first-order chi connectivity index (χ1) is 6.22. The molecule has 0 N–H and O–H groups in total. The van der Waals surface area contributed by atoms with E-state index in [0.717, 1.165) is 34.7 Å². The van der Waals surface area contributed by atoms with Gasteiger partial charge in [-0.25, -0.2) is 0 Å². The van der Waals surface area contributed by atoms with Crippen LogP contribution in [0.15, 0.2) is 16.6 Å². The molecule has 0 saturated heterocycles. The van der Waals surface area contributed by atoms with Gasteiger partial charge in [0, 0.05) is 10.0 Å². The van der Waals surface area contributed by atoms with Gasteiger partial charge in [0.2, 0.25) is 0 Å². The number of aldehydes is 1. The zero-order chi connectivity index (χ0) is 9.84. The summed E-state index contributed by atoms with van der Waals surface area (Å²) in [5.74, 6) is 0. The van der Waals surface area contributed by atoms with Crippen LogP contribution in [0.1, 0.15) is 35.3 Å². The van der Waals surface area contributed by atoms with Gasteiger partial charge in [0.05, 0.1) is 0 Å². The average Bonchev–Trinajstić information content (AvgIpc) is 2.17. The Bertz CT molecular complexity index is 318. The molecule has 0 bridgehead atoms. The molecule has 0 saturated carbocycles. The molecule has 1 aromatic rings. The first-order valence-corrected chi connectivity index (χ1v) is 5.28. The number of hydrogen-bond acceptors (Lipinski definition) is 1. The fourth-order valence-electron chi connectivity index (χ4n) is 1.37. The van der Waals surface area contributed by atoms with Crippen molar-refractivity contribution in [3.05, 3.63) is 33.3 Å². The lowest BCUT2D eigenvalue weighted by molar-refractivity contribution is 0.112. The Morgan fingerprint density at radius 1 is 1.23 bits per heavy atom. The summed E-state index contributed by atoms with van der Waals surface area (Å²) in [5, 5.41) is 0. The maximum absolute atomic E-state index is 10.8. The van der Waals surface area contributed by atoms with E-state index in [0.29, 0.717) is 0 Å². The molecule has 0 aliphatic carbocycles. The summed E-state index contributed by atoms with van der Waals surface area (Å²) in [6.07, 6.45) is 2.78. The van der Waals surface area contributed by atoms with Gasteiger partial charge in [0.15, 0.2) is 0 Å². The van der Waals surface area contributed by atoms with Gasteiger partial charge in [-0.1, -0.05) is 29.8 Å². The van der Waals surface area contributed by atoms with Gasteiger partial charge in [-0.05, 0) is 36.1 Å². The molecule has 0 spiro atoms. The molecule has 0 atom stereocenters. The van der Waals surface area contributed by atoms with Gasteiger partial charge in [-0.15, -0.1) is 0 Å². The van der Waals surface area contributed by atoms with Crippen LogP contribution in [0.2, 0.25) is 0 Å². The van der Waals surface area contributed by atoms with Crippen LogP contribution in [0, 0.1) is 0 Å². The van der Waals surface area contributed by atoms with Crippen molar-refractivity contribution < 1.29 is 4.79 Å². The molecule has 13 heavy (non-hydrogen) atoms. The first-order valence-electron chi connectivity index (χ1n) is 4.49. The van der Waals surface area contributed by atoms with Crippen molar-refractivity contribution in [1.29, 1.82) is 0 Å². The van der Waals surface area contributed by atoms with Gasteiger partial charge in [-0.2, -0.15) is 0 Å².